The van der Waals surface area contributed by atoms with Gasteiger partial charge < -0.3 is 10.4 Å². The normalized spacial score (nSPS) is 13.0. The largest absolute Gasteiger partial charge is 0.416 e. The minimum Gasteiger partial charge on any atom is -0.387 e. The first-order valence-corrected chi connectivity index (χ1v) is 7.35. The lowest BCUT2D eigenvalue weighted by Gasteiger charge is -2.14. The number of hydrogen-bond acceptors (Lipinski definition) is 3. The van der Waals surface area contributed by atoms with E-state index in [1.165, 1.54) is 18.2 Å². The molecule has 0 fully saturated rings. The SMILES string of the molecule is O=C(NCC(O)c1cccc(C(F)(F)F)c1)c1ccc(Cl)s1. The molecule has 118 valence electrons. The molecule has 0 saturated carbocycles. The second kappa shape index (κ2) is 6.68. The van der Waals surface area contributed by atoms with Crippen molar-refractivity contribution in [3.05, 3.63) is 56.7 Å². The van der Waals surface area contributed by atoms with Gasteiger partial charge in [-0.05, 0) is 29.8 Å². The molecule has 0 bridgehead atoms. The van der Waals surface area contributed by atoms with E-state index >= 15 is 0 Å². The molecule has 3 nitrogen and oxygen atoms in total. The van der Waals surface area contributed by atoms with Crippen LogP contribution in [0.15, 0.2) is 36.4 Å². The highest BCUT2D eigenvalue weighted by Gasteiger charge is 2.30. The Labute approximate surface area is 133 Å². The van der Waals surface area contributed by atoms with Crippen molar-refractivity contribution in [3.63, 3.8) is 0 Å². The Balaban J connectivity index is 2.00. The van der Waals surface area contributed by atoms with Crippen molar-refractivity contribution in [3.8, 4) is 0 Å². The number of benzene rings is 1. The molecule has 0 aliphatic heterocycles. The first kappa shape index (κ1) is 16.8. The van der Waals surface area contributed by atoms with E-state index < -0.39 is 23.8 Å². The molecule has 1 amide bonds. The van der Waals surface area contributed by atoms with Gasteiger partial charge in [-0.3, -0.25) is 4.79 Å². The summed E-state index contributed by atoms with van der Waals surface area (Å²) in [6.45, 7) is -0.199. The van der Waals surface area contributed by atoms with E-state index in [4.69, 9.17) is 11.6 Å². The van der Waals surface area contributed by atoms with Crippen LogP contribution in [-0.2, 0) is 6.18 Å². The van der Waals surface area contributed by atoms with E-state index in [2.05, 4.69) is 5.32 Å². The zero-order valence-corrected chi connectivity index (χ0v) is 12.6. The summed E-state index contributed by atoms with van der Waals surface area (Å²) in [6, 6.07) is 7.45. The zero-order valence-electron chi connectivity index (χ0n) is 11.0. The van der Waals surface area contributed by atoms with Gasteiger partial charge in [0, 0.05) is 6.54 Å². The van der Waals surface area contributed by atoms with Gasteiger partial charge in [-0.25, -0.2) is 0 Å². The number of alkyl halides is 3. The first-order chi connectivity index (χ1) is 10.3. The molecule has 1 heterocycles. The number of rotatable bonds is 4. The van der Waals surface area contributed by atoms with E-state index in [0.717, 1.165) is 23.5 Å². The van der Waals surface area contributed by atoms with Gasteiger partial charge in [-0.1, -0.05) is 23.7 Å². The van der Waals surface area contributed by atoms with Gasteiger partial charge in [-0.15, -0.1) is 11.3 Å². The molecule has 1 atom stereocenters. The summed E-state index contributed by atoms with van der Waals surface area (Å²) in [6.07, 6.45) is -5.71. The second-order valence-electron chi connectivity index (χ2n) is 4.45. The molecule has 2 aromatic rings. The number of nitrogens with one attached hydrogen (secondary N) is 1. The minimum absolute atomic E-state index is 0.0827. The molecular weight excluding hydrogens is 339 g/mol. The average molecular weight is 350 g/mol. The number of thiophene rings is 1. The average Bonchev–Trinajstić information content (AvgIpc) is 2.90. The maximum Gasteiger partial charge on any atom is 0.416 e. The van der Waals surface area contributed by atoms with Crippen LogP contribution in [0, 0.1) is 0 Å². The summed E-state index contributed by atoms with van der Waals surface area (Å²) in [5, 5.41) is 12.4. The number of aliphatic hydroxyl groups excluding tert-OH is 1. The smallest absolute Gasteiger partial charge is 0.387 e. The number of carbonyl (C=O) groups excluding carboxylic acids is 1. The fourth-order valence-electron chi connectivity index (χ4n) is 1.75. The van der Waals surface area contributed by atoms with Crippen LogP contribution in [0.5, 0.6) is 0 Å². The molecule has 8 heteroatoms. The Morgan fingerprint density at radius 1 is 1.32 bits per heavy atom. The molecule has 0 aliphatic rings. The Morgan fingerprint density at radius 2 is 2.05 bits per heavy atom. The van der Waals surface area contributed by atoms with Gasteiger partial charge in [0.05, 0.1) is 20.9 Å². The van der Waals surface area contributed by atoms with Crippen molar-refractivity contribution in [2.75, 3.05) is 6.54 Å². The van der Waals surface area contributed by atoms with E-state index in [0.29, 0.717) is 9.21 Å². The van der Waals surface area contributed by atoms with Crippen molar-refractivity contribution >= 4 is 28.8 Å². The number of halogens is 4. The van der Waals surface area contributed by atoms with Gasteiger partial charge in [0.15, 0.2) is 0 Å². The van der Waals surface area contributed by atoms with Crippen LogP contribution in [-0.4, -0.2) is 17.6 Å². The predicted octanol–water partition coefficient (Wildman–Crippen LogP) is 3.88. The first-order valence-electron chi connectivity index (χ1n) is 6.16. The summed E-state index contributed by atoms with van der Waals surface area (Å²) >= 11 is 6.78. The molecule has 22 heavy (non-hydrogen) atoms. The van der Waals surface area contributed by atoms with Crippen molar-refractivity contribution < 1.29 is 23.1 Å². The van der Waals surface area contributed by atoms with Crippen molar-refractivity contribution in [2.45, 2.75) is 12.3 Å². The molecule has 0 saturated heterocycles. The Hall–Kier alpha value is -1.57. The minimum atomic E-state index is -4.48. The summed E-state index contributed by atoms with van der Waals surface area (Å²) in [5.74, 6) is -0.442. The number of carbonyl (C=O) groups is 1. The molecule has 2 N–H and O–H groups in total. The van der Waals surface area contributed by atoms with E-state index in [9.17, 15) is 23.1 Å². The van der Waals surface area contributed by atoms with Crippen molar-refractivity contribution in [1.82, 2.24) is 5.32 Å². The number of hydrogen-bond donors (Lipinski definition) is 2. The summed E-state index contributed by atoms with van der Waals surface area (Å²) < 4.78 is 38.3. The lowest BCUT2D eigenvalue weighted by molar-refractivity contribution is -0.137. The lowest BCUT2D eigenvalue weighted by atomic mass is 10.1. The van der Waals surface area contributed by atoms with Gasteiger partial charge in [0.2, 0.25) is 0 Å². The Bertz CT molecular complexity index is 672. The van der Waals surface area contributed by atoms with Crippen LogP contribution < -0.4 is 5.32 Å². The van der Waals surface area contributed by atoms with Gasteiger partial charge in [0.1, 0.15) is 0 Å². The molecule has 2 rings (SSSR count). The maximum atomic E-state index is 12.6. The van der Waals surface area contributed by atoms with E-state index in [1.54, 1.807) is 6.07 Å². The molecule has 0 spiro atoms. The third-order valence-electron chi connectivity index (χ3n) is 2.85. The zero-order chi connectivity index (χ0) is 16.3. The number of amides is 1. The van der Waals surface area contributed by atoms with Gasteiger partial charge >= 0.3 is 6.18 Å². The van der Waals surface area contributed by atoms with Gasteiger partial charge in [0.25, 0.3) is 5.91 Å². The van der Waals surface area contributed by atoms with Crippen LogP contribution in [0.2, 0.25) is 4.34 Å². The second-order valence-corrected chi connectivity index (χ2v) is 6.17. The topological polar surface area (TPSA) is 49.3 Å². The fourth-order valence-corrected chi connectivity index (χ4v) is 2.71. The third-order valence-corrected chi connectivity index (χ3v) is 4.08. The summed E-state index contributed by atoms with van der Waals surface area (Å²) in [7, 11) is 0. The number of aliphatic hydroxyl groups is 1. The van der Waals surface area contributed by atoms with Crippen LogP contribution >= 0.6 is 22.9 Å². The predicted molar refractivity (Wildman–Crippen MR) is 78.1 cm³/mol. The monoisotopic (exact) mass is 349 g/mol. The summed E-state index contributed by atoms with van der Waals surface area (Å²) in [4.78, 5) is 12.1. The van der Waals surface area contributed by atoms with Crippen molar-refractivity contribution in [1.29, 1.82) is 0 Å². The van der Waals surface area contributed by atoms with Crippen LogP contribution in [0.3, 0.4) is 0 Å². The van der Waals surface area contributed by atoms with Crippen LogP contribution in [0.25, 0.3) is 0 Å². The summed E-state index contributed by atoms with van der Waals surface area (Å²) in [5.41, 5.74) is -0.764. The highest BCUT2D eigenvalue weighted by molar-refractivity contribution is 7.17. The molecule has 0 radical (unpaired) electrons. The van der Waals surface area contributed by atoms with Crippen LogP contribution in [0.4, 0.5) is 13.2 Å². The Kier molecular flexibility index (Phi) is 5.10. The third kappa shape index (κ3) is 4.22. The molecular formula is C14H11ClF3NO2S. The van der Waals surface area contributed by atoms with Crippen molar-refractivity contribution in [2.24, 2.45) is 0 Å². The highest BCUT2D eigenvalue weighted by Crippen LogP contribution is 2.30. The highest BCUT2D eigenvalue weighted by atomic mass is 35.5. The lowest BCUT2D eigenvalue weighted by Crippen LogP contribution is -2.27. The molecule has 1 aromatic carbocycles. The maximum absolute atomic E-state index is 12.6. The quantitative estimate of drug-likeness (QED) is 0.880. The van der Waals surface area contributed by atoms with E-state index in [1.807, 2.05) is 0 Å². The standard InChI is InChI=1S/C14H11ClF3NO2S/c15-12-5-4-11(22-12)13(21)19-7-10(20)8-2-1-3-9(6-8)14(16,17)18/h1-6,10,20H,7H2,(H,19,21). The van der Waals surface area contributed by atoms with Crippen LogP contribution in [0.1, 0.15) is 26.9 Å². The van der Waals surface area contributed by atoms with E-state index in [-0.39, 0.29) is 12.1 Å². The fraction of sp³-hybridized carbons (Fsp3) is 0.214. The molecule has 1 unspecified atom stereocenters. The van der Waals surface area contributed by atoms with Gasteiger partial charge in [-0.2, -0.15) is 13.2 Å². The molecule has 1 aromatic heterocycles. The Morgan fingerprint density at radius 3 is 2.64 bits per heavy atom. The molecule has 0 aliphatic carbocycles.